The number of hydrogen-bond donors (Lipinski definition) is 4. The van der Waals surface area contributed by atoms with Crippen molar-refractivity contribution in [2.45, 2.75) is 6.92 Å². The zero-order chi connectivity index (χ0) is 15.8. The van der Waals surface area contributed by atoms with Crippen LogP contribution < -0.4 is 11.0 Å². The molecule has 8 nitrogen and oxygen atoms in total. The number of fused-ring (bicyclic) bond motifs is 2. The largest absolute Gasteiger partial charge is 0.358 e. The van der Waals surface area contributed by atoms with Crippen molar-refractivity contribution in [3.8, 4) is 0 Å². The van der Waals surface area contributed by atoms with E-state index in [1.165, 1.54) is 6.33 Å². The van der Waals surface area contributed by atoms with Gasteiger partial charge in [-0.05, 0) is 13.0 Å². The summed E-state index contributed by atoms with van der Waals surface area (Å²) in [6.45, 7) is 1.99. The number of H-pyrrole nitrogens is 3. The summed E-state index contributed by atoms with van der Waals surface area (Å²) in [7, 11) is 0. The van der Waals surface area contributed by atoms with Gasteiger partial charge in [-0.1, -0.05) is 18.2 Å². The highest BCUT2D eigenvalue weighted by molar-refractivity contribution is 6.00. The van der Waals surface area contributed by atoms with E-state index in [1.54, 1.807) is 6.21 Å². The van der Waals surface area contributed by atoms with E-state index in [-0.39, 0.29) is 5.56 Å². The van der Waals surface area contributed by atoms with Crippen molar-refractivity contribution in [2.75, 3.05) is 5.43 Å². The van der Waals surface area contributed by atoms with Gasteiger partial charge in [-0.25, -0.2) is 10.4 Å². The Kier molecular flexibility index (Phi) is 2.94. The number of aromatic nitrogens is 5. The summed E-state index contributed by atoms with van der Waals surface area (Å²) in [6, 6.07) is 8.02. The molecule has 0 aliphatic rings. The van der Waals surface area contributed by atoms with Crippen LogP contribution in [0.15, 0.2) is 40.5 Å². The van der Waals surface area contributed by atoms with E-state index < -0.39 is 0 Å². The third-order valence-corrected chi connectivity index (χ3v) is 3.60. The number of nitrogens with zero attached hydrogens (tertiary/aromatic N) is 3. The maximum Gasteiger partial charge on any atom is 0.276 e. The predicted molar refractivity (Wildman–Crippen MR) is 88.8 cm³/mol. The molecule has 0 aliphatic heterocycles. The van der Waals surface area contributed by atoms with Gasteiger partial charge in [-0.3, -0.25) is 4.79 Å². The number of imidazole rings is 1. The molecule has 0 radical (unpaired) electrons. The Morgan fingerprint density at radius 3 is 3.00 bits per heavy atom. The van der Waals surface area contributed by atoms with Crippen LogP contribution in [-0.2, 0) is 0 Å². The molecule has 3 heterocycles. The fraction of sp³-hybridized carbons (Fsp3) is 0.0667. The van der Waals surface area contributed by atoms with Crippen molar-refractivity contribution in [1.29, 1.82) is 0 Å². The number of benzene rings is 1. The molecule has 0 saturated heterocycles. The summed E-state index contributed by atoms with van der Waals surface area (Å²) < 4.78 is 0. The van der Waals surface area contributed by atoms with Crippen molar-refractivity contribution in [1.82, 2.24) is 24.9 Å². The topological polar surface area (TPSA) is 115 Å². The third kappa shape index (κ3) is 2.26. The molecule has 0 aliphatic carbocycles. The van der Waals surface area contributed by atoms with Crippen LogP contribution in [0.2, 0.25) is 0 Å². The van der Waals surface area contributed by atoms with Crippen LogP contribution >= 0.6 is 0 Å². The smallest absolute Gasteiger partial charge is 0.276 e. The minimum atomic E-state index is -0.271. The van der Waals surface area contributed by atoms with Gasteiger partial charge in [0.15, 0.2) is 11.2 Å². The van der Waals surface area contributed by atoms with Crippen LogP contribution in [0.1, 0.15) is 11.3 Å². The Morgan fingerprint density at radius 2 is 2.13 bits per heavy atom. The van der Waals surface area contributed by atoms with E-state index in [0.29, 0.717) is 17.1 Å². The van der Waals surface area contributed by atoms with E-state index in [4.69, 9.17) is 0 Å². The summed E-state index contributed by atoms with van der Waals surface area (Å²) in [5, 5.41) is 5.29. The van der Waals surface area contributed by atoms with Crippen LogP contribution in [0.4, 0.5) is 5.95 Å². The van der Waals surface area contributed by atoms with Gasteiger partial charge < -0.3 is 15.0 Å². The summed E-state index contributed by atoms with van der Waals surface area (Å²) in [5.41, 5.74) is 6.26. The maximum atomic E-state index is 11.6. The van der Waals surface area contributed by atoms with Gasteiger partial charge in [0.05, 0.1) is 12.5 Å². The molecular weight excluding hydrogens is 294 g/mol. The normalized spacial score (nSPS) is 11.7. The molecule has 0 bridgehead atoms. The zero-order valence-corrected chi connectivity index (χ0v) is 12.2. The molecular formula is C15H13N7O. The number of nitrogens with one attached hydrogen (secondary N) is 4. The first-order valence-electron chi connectivity index (χ1n) is 7.02. The fourth-order valence-corrected chi connectivity index (χ4v) is 2.52. The van der Waals surface area contributed by atoms with Crippen LogP contribution in [-0.4, -0.2) is 31.1 Å². The van der Waals surface area contributed by atoms with Crippen molar-refractivity contribution in [3.63, 3.8) is 0 Å². The Labute approximate surface area is 129 Å². The number of hydrogen-bond acceptors (Lipinski definition) is 5. The van der Waals surface area contributed by atoms with E-state index in [1.807, 2.05) is 31.2 Å². The molecule has 8 heteroatoms. The molecule has 0 atom stereocenters. The Hall–Kier alpha value is -3.42. The number of aromatic amines is 3. The highest BCUT2D eigenvalue weighted by Gasteiger charge is 2.07. The first-order valence-corrected chi connectivity index (χ1v) is 7.02. The number of hydrazone groups is 1. The SMILES string of the molecule is Cc1[nH]c2ccccc2c1/C=N\Nc1nc2nc[nH]c(=O)c2[nH]1. The first kappa shape index (κ1) is 13.3. The van der Waals surface area contributed by atoms with Crippen LogP contribution in [0.25, 0.3) is 22.1 Å². The van der Waals surface area contributed by atoms with Crippen LogP contribution in [0.3, 0.4) is 0 Å². The molecule has 0 saturated carbocycles. The zero-order valence-electron chi connectivity index (χ0n) is 12.2. The monoisotopic (exact) mass is 307 g/mol. The molecule has 0 spiro atoms. The van der Waals surface area contributed by atoms with Gasteiger partial charge in [-0.2, -0.15) is 10.1 Å². The minimum Gasteiger partial charge on any atom is -0.358 e. The van der Waals surface area contributed by atoms with Crippen LogP contribution in [0.5, 0.6) is 0 Å². The molecule has 23 heavy (non-hydrogen) atoms. The Morgan fingerprint density at radius 1 is 1.26 bits per heavy atom. The van der Waals surface area contributed by atoms with Gasteiger partial charge in [0.25, 0.3) is 5.56 Å². The Bertz CT molecular complexity index is 1090. The average Bonchev–Trinajstić information content (AvgIpc) is 3.10. The molecule has 4 aromatic rings. The Balaban J connectivity index is 1.64. The molecule has 4 rings (SSSR count). The van der Waals surface area contributed by atoms with Crippen molar-refractivity contribution in [2.24, 2.45) is 5.10 Å². The fourth-order valence-electron chi connectivity index (χ4n) is 2.52. The van der Waals surface area contributed by atoms with E-state index in [2.05, 4.69) is 35.4 Å². The number of para-hydroxylation sites is 1. The van der Waals surface area contributed by atoms with Gasteiger partial charge >= 0.3 is 0 Å². The summed E-state index contributed by atoms with van der Waals surface area (Å²) in [4.78, 5) is 28.4. The maximum absolute atomic E-state index is 11.6. The highest BCUT2D eigenvalue weighted by Crippen LogP contribution is 2.20. The van der Waals surface area contributed by atoms with Gasteiger partial charge in [0, 0.05) is 22.2 Å². The van der Waals surface area contributed by atoms with Crippen molar-refractivity contribution >= 4 is 34.2 Å². The number of aryl methyl sites for hydroxylation is 1. The summed E-state index contributed by atoms with van der Waals surface area (Å²) in [6.07, 6.45) is 3.03. The quantitative estimate of drug-likeness (QED) is 0.342. The third-order valence-electron chi connectivity index (χ3n) is 3.60. The molecule has 114 valence electrons. The second kappa shape index (κ2) is 5.09. The van der Waals surface area contributed by atoms with Crippen molar-refractivity contribution < 1.29 is 0 Å². The molecule has 0 amide bonds. The molecule has 4 N–H and O–H groups in total. The standard InChI is InChI=1S/C15H13N7O/c1-8-10(9-4-2-3-5-11(9)19-8)6-18-22-15-20-12-13(21-15)16-7-17-14(12)23/h2-7,19H,1H3,(H3,16,17,20,21,22,23)/b18-6-. The van der Waals surface area contributed by atoms with Crippen molar-refractivity contribution in [3.05, 3.63) is 52.2 Å². The summed E-state index contributed by atoms with van der Waals surface area (Å²) in [5.74, 6) is 0.359. The molecule has 1 aromatic carbocycles. The van der Waals surface area contributed by atoms with Gasteiger partial charge in [0.2, 0.25) is 5.95 Å². The lowest BCUT2D eigenvalue weighted by molar-refractivity contribution is 1.15. The second-order valence-corrected chi connectivity index (χ2v) is 5.09. The lowest BCUT2D eigenvalue weighted by Crippen LogP contribution is -2.05. The first-order chi connectivity index (χ1) is 11.2. The number of anilines is 1. The lowest BCUT2D eigenvalue weighted by atomic mass is 10.1. The minimum absolute atomic E-state index is 0.271. The second-order valence-electron chi connectivity index (χ2n) is 5.09. The lowest BCUT2D eigenvalue weighted by Gasteiger charge is -1.94. The van der Waals surface area contributed by atoms with E-state index in [9.17, 15) is 4.79 Å². The molecule has 0 fully saturated rings. The van der Waals surface area contributed by atoms with E-state index in [0.717, 1.165) is 22.2 Å². The molecule has 0 unspecified atom stereocenters. The molecule has 3 aromatic heterocycles. The number of rotatable bonds is 3. The highest BCUT2D eigenvalue weighted by atomic mass is 16.1. The van der Waals surface area contributed by atoms with Gasteiger partial charge in [-0.15, -0.1) is 0 Å². The average molecular weight is 307 g/mol. The predicted octanol–water partition coefficient (Wildman–Crippen LogP) is 1.88. The summed E-state index contributed by atoms with van der Waals surface area (Å²) >= 11 is 0. The van der Waals surface area contributed by atoms with Crippen LogP contribution in [0, 0.1) is 6.92 Å². The van der Waals surface area contributed by atoms with E-state index >= 15 is 0 Å². The van der Waals surface area contributed by atoms with Gasteiger partial charge in [0.1, 0.15) is 0 Å².